The third kappa shape index (κ3) is 4.49. The van der Waals surface area contributed by atoms with Crippen LogP contribution in [0.25, 0.3) is 0 Å². The fourth-order valence-corrected chi connectivity index (χ4v) is 3.21. The monoisotopic (exact) mass is 339 g/mol. The van der Waals surface area contributed by atoms with E-state index in [0.717, 1.165) is 30.5 Å². The van der Waals surface area contributed by atoms with E-state index in [1.54, 1.807) is 0 Å². The number of thioether (sulfide) groups is 1. The minimum absolute atomic E-state index is 0.0165. The van der Waals surface area contributed by atoms with Crippen LogP contribution in [0.3, 0.4) is 0 Å². The van der Waals surface area contributed by atoms with Crippen LogP contribution in [0.4, 0.5) is 5.69 Å². The highest BCUT2D eigenvalue weighted by Crippen LogP contribution is 2.16. The minimum atomic E-state index is -0.481. The Morgan fingerprint density at radius 2 is 1.86 bits per heavy atom. The van der Waals surface area contributed by atoms with Gasteiger partial charge in [0, 0.05) is 43.9 Å². The van der Waals surface area contributed by atoms with Crippen molar-refractivity contribution in [3.8, 4) is 0 Å². The number of Topliss-reactive ketones (excluding diaryl/α,β-unsaturated/α-hetero) is 1. The van der Waals surface area contributed by atoms with E-state index >= 15 is 0 Å². The van der Waals surface area contributed by atoms with Crippen molar-refractivity contribution in [1.82, 2.24) is 9.80 Å². The summed E-state index contributed by atoms with van der Waals surface area (Å²) in [5.41, 5.74) is 0.455. The van der Waals surface area contributed by atoms with Gasteiger partial charge in [0.05, 0.1) is 10.7 Å². The van der Waals surface area contributed by atoms with Gasteiger partial charge in [0.2, 0.25) is 0 Å². The summed E-state index contributed by atoms with van der Waals surface area (Å²) < 4.78 is 0.739. The number of nitro benzene ring substituents is 1. The van der Waals surface area contributed by atoms with Crippen molar-refractivity contribution < 1.29 is 9.72 Å². The molecule has 0 spiro atoms. The molecule has 0 unspecified atom stereocenters. The summed E-state index contributed by atoms with van der Waals surface area (Å²) >= 11 is 6.72. The molecule has 0 saturated carbocycles. The number of benzene rings is 1. The van der Waals surface area contributed by atoms with E-state index in [4.69, 9.17) is 12.2 Å². The zero-order valence-corrected chi connectivity index (χ0v) is 13.9. The molecule has 1 fully saturated rings. The molecule has 1 aromatic carbocycles. The number of hydrogen-bond donors (Lipinski definition) is 0. The smallest absolute Gasteiger partial charge is 0.269 e. The van der Waals surface area contributed by atoms with Crippen LogP contribution in [-0.4, -0.2) is 63.8 Å². The van der Waals surface area contributed by atoms with E-state index in [9.17, 15) is 14.9 Å². The van der Waals surface area contributed by atoms with Gasteiger partial charge >= 0.3 is 0 Å². The molecule has 6 nitrogen and oxygen atoms in total. The van der Waals surface area contributed by atoms with Crippen LogP contribution in [-0.2, 0) is 0 Å². The quantitative estimate of drug-likeness (QED) is 0.360. The average molecular weight is 339 g/mol. The van der Waals surface area contributed by atoms with Crippen LogP contribution < -0.4 is 0 Å². The third-order valence-corrected chi connectivity index (χ3v) is 5.01. The number of hydrogen-bond acceptors (Lipinski definition) is 6. The van der Waals surface area contributed by atoms with Gasteiger partial charge in [-0.25, -0.2) is 0 Å². The Morgan fingerprint density at radius 3 is 2.41 bits per heavy atom. The molecular weight excluding hydrogens is 322 g/mol. The predicted octanol–water partition coefficient (Wildman–Crippen LogP) is 2.04. The second-order valence-electron chi connectivity index (χ2n) is 5.07. The van der Waals surface area contributed by atoms with Gasteiger partial charge in [-0.2, -0.15) is 0 Å². The molecule has 118 valence electrons. The maximum atomic E-state index is 12.1. The Labute approximate surface area is 138 Å². The van der Waals surface area contributed by atoms with Crippen molar-refractivity contribution in [2.75, 3.05) is 39.0 Å². The van der Waals surface area contributed by atoms with Crippen molar-refractivity contribution in [1.29, 1.82) is 0 Å². The molecular formula is C14H17N3O3S2. The molecule has 1 heterocycles. The van der Waals surface area contributed by atoms with E-state index < -0.39 is 4.92 Å². The first-order valence-corrected chi connectivity index (χ1v) is 8.24. The molecule has 2 rings (SSSR count). The number of rotatable bonds is 4. The normalized spacial score (nSPS) is 15.6. The molecule has 0 radical (unpaired) electrons. The topological polar surface area (TPSA) is 66.7 Å². The molecule has 1 aromatic rings. The van der Waals surface area contributed by atoms with Crippen LogP contribution in [0.5, 0.6) is 0 Å². The summed E-state index contributed by atoms with van der Waals surface area (Å²) in [4.78, 5) is 26.5. The van der Waals surface area contributed by atoms with E-state index in [1.165, 1.54) is 36.0 Å². The zero-order chi connectivity index (χ0) is 16.1. The zero-order valence-electron chi connectivity index (χ0n) is 12.2. The standard InChI is InChI=1S/C14H17N3O3S2/c1-15-6-8-16(9-7-15)14(21)22-10-13(18)11-2-4-12(5-3-11)17(19)20/h2-5H,6-10H2,1H3. The summed E-state index contributed by atoms with van der Waals surface area (Å²) in [6.07, 6.45) is 0. The molecule has 0 aliphatic carbocycles. The highest BCUT2D eigenvalue weighted by Gasteiger charge is 2.18. The molecule has 1 saturated heterocycles. The Morgan fingerprint density at radius 1 is 1.27 bits per heavy atom. The fourth-order valence-electron chi connectivity index (χ4n) is 2.06. The Kier molecular flexibility index (Phi) is 5.87. The van der Waals surface area contributed by atoms with Gasteiger partial charge in [0.15, 0.2) is 5.78 Å². The Hall–Kier alpha value is -1.51. The fraction of sp³-hybridized carbons (Fsp3) is 0.429. The third-order valence-electron chi connectivity index (χ3n) is 3.49. The van der Waals surface area contributed by atoms with Crippen LogP contribution >= 0.6 is 24.0 Å². The number of nitrogens with zero attached hydrogens (tertiary/aromatic N) is 3. The highest BCUT2D eigenvalue weighted by molar-refractivity contribution is 8.23. The second-order valence-corrected chi connectivity index (χ2v) is 6.68. The van der Waals surface area contributed by atoms with E-state index in [-0.39, 0.29) is 17.2 Å². The molecule has 0 amide bonds. The van der Waals surface area contributed by atoms with Crippen molar-refractivity contribution in [3.05, 3.63) is 39.9 Å². The molecule has 0 atom stereocenters. The maximum Gasteiger partial charge on any atom is 0.269 e. The highest BCUT2D eigenvalue weighted by atomic mass is 32.2. The number of non-ortho nitro benzene ring substituents is 1. The van der Waals surface area contributed by atoms with Gasteiger partial charge in [-0.05, 0) is 19.2 Å². The van der Waals surface area contributed by atoms with Crippen LogP contribution in [0.15, 0.2) is 24.3 Å². The number of carbonyl (C=O) groups is 1. The van der Waals surface area contributed by atoms with Gasteiger partial charge in [-0.3, -0.25) is 14.9 Å². The van der Waals surface area contributed by atoms with Crippen LogP contribution in [0.2, 0.25) is 0 Å². The van der Waals surface area contributed by atoms with Crippen molar-refractivity contribution in [2.24, 2.45) is 0 Å². The Bertz CT molecular complexity index is 569. The average Bonchev–Trinajstić information content (AvgIpc) is 2.53. The number of thiocarbonyl (C=S) groups is 1. The van der Waals surface area contributed by atoms with Crippen LogP contribution in [0.1, 0.15) is 10.4 Å². The molecule has 1 aliphatic heterocycles. The number of carbonyl (C=O) groups excluding carboxylic acids is 1. The first-order chi connectivity index (χ1) is 10.5. The lowest BCUT2D eigenvalue weighted by molar-refractivity contribution is -0.384. The summed E-state index contributed by atoms with van der Waals surface area (Å²) in [6, 6.07) is 5.66. The Balaban J connectivity index is 1.84. The summed E-state index contributed by atoms with van der Waals surface area (Å²) in [5.74, 6) is 0.180. The first kappa shape index (κ1) is 16.9. The molecule has 0 N–H and O–H groups in total. The molecule has 0 bridgehead atoms. The van der Waals surface area contributed by atoms with E-state index in [2.05, 4.69) is 16.8 Å². The van der Waals surface area contributed by atoms with Gasteiger partial charge in [-0.1, -0.05) is 24.0 Å². The van der Waals surface area contributed by atoms with Gasteiger partial charge in [-0.15, -0.1) is 0 Å². The number of piperazine rings is 1. The summed E-state index contributed by atoms with van der Waals surface area (Å²) in [7, 11) is 2.08. The van der Waals surface area contributed by atoms with E-state index in [0.29, 0.717) is 5.56 Å². The lowest BCUT2D eigenvalue weighted by Gasteiger charge is -2.33. The molecule has 8 heteroatoms. The van der Waals surface area contributed by atoms with Crippen molar-refractivity contribution in [2.45, 2.75) is 0 Å². The number of nitro groups is 1. The lowest BCUT2D eigenvalue weighted by atomic mass is 10.1. The van der Waals surface area contributed by atoms with Crippen molar-refractivity contribution >= 4 is 39.8 Å². The van der Waals surface area contributed by atoms with Crippen LogP contribution in [0, 0.1) is 10.1 Å². The van der Waals surface area contributed by atoms with Crippen molar-refractivity contribution in [3.63, 3.8) is 0 Å². The van der Waals surface area contributed by atoms with Gasteiger partial charge < -0.3 is 9.80 Å². The van der Waals surface area contributed by atoms with Gasteiger partial charge in [0.25, 0.3) is 5.69 Å². The summed E-state index contributed by atoms with van der Waals surface area (Å²) in [5, 5.41) is 10.6. The SMILES string of the molecule is CN1CCN(C(=S)SCC(=O)c2ccc([N+](=O)[O-])cc2)CC1. The molecule has 0 aromatic heterocycles. The lowest BCUT2D eigenvalue weighted by Crippen LogP contribution is -2.45. The second kappa shape index (κ2) is 7.66. The maximum absolute atomic E-state index is 12.1. The molecule has 1 aliphatic rings. The predicted molar refractivity (Wildman–Crippen MR) is 91.6 cm³/mol. The number of likely N-dealkylation sites (N-methyl/N-ethyl adjacent to an activating group) is 1. The largest absolute Gasteiger partial charge is 0.355 e. The summed E-state index contributed by atoms with van der Waals surface area (Å²) in [6.45, 7) is 3.70. The minimum Gasteiger partial charge on any atom is -0.355 e. The molecule has 22 heavy (non-hydrogen) atoms. The number of ketones is 1. The van der Waals surface area contributed by atoms with E-state index in [1.807, 2.05) is 0 Å². The first-order valence-electron chi connectivity index (χ1n) is 6.85. The van der Waals surface area contributed by atoms with Gasteiger partial charge in [0.1, 0.15) is 4.32 Å².